The molecule has 5 nitrogen and oxygen atoms in total. The molecular weight excluding hydrogens is 386 g/mol. The summed E-state index contributed by atoms with van der Waals surface area (Å²) < 4.78 is 7.45. The molecule has 1 saturated heterocycles. The summed E-state index contributed by atoms with van der Waals surface area (Å²) in [6.07, 6.45) is 3.42. The lowest BCUT2D eigenvalue weighted by molar-refractivity contribution is -0.140. The smallest absolute Gasteiger partial charge is 0.251 e. The van der Waals surface area contributed by atoms with Crippen molar-refractivity contribution in [1.82, 2.24) is 14.7 Å². The third-order valence-electron chi connectivity index (χ3n) is 5.16. The number of likely N-dealkylation sites (N-methyl/N-ethyl adjacent to an activating group) is 1. The number of carbonyl (C=O) groups is 1. The van der Waals surface area contributed by atoms with Gasteiger partial charge in [-0.1, -0.05) is 60.1 Å². The molecule has 0 spiro atoms. The Bertz CT molecular complexity index is 981. The van der Waals surface area contributed by atoms with Gasteiger partial charge < -0.3 is 9.64 Å². The zero-order chi connectivity index (χ0) is 20.2. The van der Waals surface area contributed by atoms with E-state index < -0.39 is 0 Å². The molecule has 1 fully saturated rings. The van der Waals surface area contributed by atoms with Crippen LogP contribution >= 0.6 is 11.6 Å². The lowest BCUT2D eigenvalue weighted by Gasteiger charge is -2.20. The number of nitrogens with zero attached hydrogens (tertiary/aromatic N) is 3. The quantitative estimate of drug-likeness (QED) is 0.606. The average Bonchev–Trinajstić information content (AvgIpc) is 3.40. The van der Waals surface area contributed by atoms with Crippen molar-refractivity contribution in [1.29, 1.82) is 0 Å². The van der Waals surface area contributed by atoms with Gasteiger partial charge in [-0.25, -0.2) is 0 Å². The number of aromatic nitrogens is 2. The van der Waals surface area contributed by atoms with Crippen molar-refractivity contribution in [2.75, 3.05) is 13.7 Å². The molecule has 1 aliphatic heterocycles. The molecule has 0 unspecified atom stereocenters. The third kappa shape index (κ3) is 4.52. The summed E-state index contributed by atoms with van der Waals surface area (Å²) >= 11 is 6.33. The minimum Gasteiger partial charge on any atom is -0.368 e. The molecule has 3 aromatic rings. The predicted molar refractivity (Wildman–Crippen MR) is 114 cm³/mol. The highest BCUT2D eigenvalue weighted by molar-refractivity contribution is 6.31. The second-order valence-corrected chi connectivity index (χ2v) is 7.76. The van der Waals surface area contributed by atoms with Crippen LogP contribution in [0.15, 0.2) is 60.8 Å². The van der Waals surface area contributed by atoms with Crippen molar-refractivity contribution in [3.05, 3.63) is 76.9 Å². The molecule has 0 aliphatic carbocycles. The second kappa shape index (κ2) is 8.80. The topological polar surface area (TPSA) is 47.4 Å². The van der Waals surface area contributed by atoms with Gasteiger partial charge in [-0.05, 0) is 24.5 Å². The fourth-order valence-electron chi connectivity index (χ4n) is 3.65. The maximum atomic E-state index is 12.7. The van der Waals surface area contributed by atoms with Gasteiger partial charge in [0.25, 0.3) is 5.91 Å². The van der Waals surface area contributed by atoms with Gasteiger partial charge in [0.1, 0.15) is 6.10 Å². The van der Waals surface area contributed by atoms with Crippen LogP contribution in [-0.4, -0.2) is 40.3 Å². The van der Waals surface area contributed by atoms with Crippen LogP contribution in [0.3, 0.4) is 0 Å². The minimum absolute atomic E-state index is 0.0281. The number of ether oxygens (including phenoxy) is 1. The summed E-state index contributed by atoms with van der Waals surface area (Å²) in [7, 11) is 1.82. The molecule has 0 bridgehead atoms. The summed E-state index contributed by atoms with van der Waals surface area (Å²) in [5.41, 5.74) is 3.91. The van der Waals surface area contributed by atoms with Crippen molar-refractivity contribution in [3.63, 3.8) is 0 Å². The Hall–Kier alpha value is -2.63. The summed E-state index contributed by atoms with van der Waals surface area (Å²) in [6, 6.07) is 17.8. The monoisotopic (exact) mass is 409 g/mol. The Morgan fingerprint density at radius 2 is 1.93 bits per heavy atom. The van der Waals surface area contributed by atoms with E-state index in [2.05, 4.69) is 0 Å². The Morgan fingerprint density at radius 3 is 2.66 bits per heavy atom. The number of halogens is 1. The Balaban J connectivity index is 1.61. The first-order chi connectivity index (χ1) is 14.1. The van der Waals surface area contributed by atoms with E-state index in [1.165, 1.54) is 0 Å². The first-order valence-electron chi connectivity index (χ1n) is 9.83. The number of rotatable bonds is 6. The molecule has 0 saturated carbocycles. The molecule has 1 aromatic heterocycles. The average molecular weight is 410 g/mol. The highest BCUT2D eigenvalue weighted by atomic mass is 35.5. The van der Waals surface area contributed by atoms with Gasteiger partial charge in [-0.15, -0.1) is 0 Å². The van der Waals surface area contributed by atoms with Gasteiger partial charge in [0.05, 0.1) is 12.2 Å². The highest BCUT2D eigenvalue weighted by Crippen LogP contribution is 2.25. The second-order valence-electron chi connectivity index (χ2n) is 7.35. The molecule has 1 atom stereocenters. The Morgan fingerprint density at radius 1 is 1.17 bits per heavy atom. The van der Waals surface area contributed by atoms with Crippen LogP contribution in [0.1, 0.15) is 24.0 Å². The molecule has 2 heterocycles. The lowest BCUT2D eigenvalue weighted by atomic mass is 10.1. The van der Waals surface area contributed by atoms with Crippen molar-refractivity contribution in [2.45, 2.75) is 32.0 Å². The standard InChI is InChI=1S/C23H24ClN3O2/c1-26(23(28)21-12-7-13-29-21)14-19-16-27(15-18-10-5-6-11-20(18)24)25-22(19)17-8-3-2-4-9-17/h2-6,8-11,16,21H,7,12-15H2,1H3/t21-/m1/s1. The van der Waals surface area contributed by atoms with Gasteiger partial charge >= 0.3 is 0 Å². The van der Waals surface area contributed by atoms with Crippen LogP contribution < -0.4 is 0 Å². The number of hydrogen-bond acceptors (Lipinski definition) is 3. The van der Waals surface area contributed by atoms with E-state index in [9.17, 15) is 4.79 Å². The Labute approximate surface area is 175 Å². The van der Waals surface area contributed by atoms with E-state index in [4.69, 9.17) is 21.4 Å². The van der Waals surface area contributed by atoms with Gasteiger partial charge in [-0.3, -0.25) is 9.48 Å². The van der Waals surface area contributed by atoms with Gasteiger partial charge in [0, 0.05) is 42.5 Å². The molecule has 150 valence electrons. The minimum atomic E-state index is -0.321. The highest BCUT2D eigenvalue weighted by Gasteiger charge is 2.27. The molecule has 0 radical (unpaired) electrons. The van der Waals surface area contributed by atoms with E-state index >= 15 is 0 Å². The normalized spacial score (nSPS) is 16.1. The summed E-state index contributed by atoms with van der Waals surface area (Å²) in [5, 5.41) is 5.53. The molecule has 1 aliphatic rings. The maximum Gasteiger partial charge on any atom is 0.251 e. The molecule has 1 amide bonds. The number of benzene rings is 2. The fraction of sp³-hybridized carbons (Fsp3) is 0.304. The molecule has 2 aromatic carbocycles. The van der Waals surface area contributed by atoms with Crippen LogP contribution in [0.2, 0.25) is 5.02 Å². The molecular formula is C23H24ClN3O2. The zero-order valence-electron chi connectivity index (χ0n) is 16.4. The molecule has 0 N–H and O–H groups in total. The van der Waals surface area contributed by atoms with Gasteiger partial charge in [-0.2, -0.15) is 5.10 Å². The molecule has 29 heavy (non-hydrogen) atoms. The van der Waals surface area contributed by atoms with Crippen molar-refractivity contribution >= 4 is 17.5 Å². The summed E-state index contributed by atoms with van der Waals surface area (Å²) in [4.78, 5) is 14.4. The summed E-state index contributed by atoms with van der Waals surface area (Å²) in [5.74, 6) is 0.0281. The third-order valence-corrected chi connectivity index (χ3v) is 5.53. The van der Waals surface area contributed by atoms with E-state index in [1.54, 1.807) is 4.90 Å². The van der Waals surface area contributed by atoms with E-state index in [0.29, 0.717) is 19.7 Å². The predicted octanol–water partition coefficient (Wildman–Crippen LogP) is 4.39. The lowest BCUT2D eigenvalue weighted by Crippen LogP contribution is -2.35. The molecule has 6 heteroatoms. The largest absolute Gasteiger partial charge is 0.368 e. The van der Waals surface area contributed by atoms with Crippen molar-refractivity contribution < 1.29 is 9.53 Å². The summed E-state index contributed by atoms with van der Waals surface area (Å²) in [6.45, 7) is 1.71. The van der Waals surface area contributed by atoms with Crippen LogP contribution in [0, 0.1) is 0 Å². The van der Waals surface area contributed by atoms with Gasteiger partial charge in [0.15, 0.2) is 0 Å². The van der Waals surface area contributed by atoms with Crippen LogP contribution in [0.5, 0.6) is 0 Å². The van der Waals surface area contributed by atoms with Gasteiger partial charge in [0.2, 0.25) is 0 Å². The van der Waals surface area contributed by atoms with E-state index in [1.807, 2.05) is 72.5 Å². The molecule has 4 rings (SSSR count). The van der Waals surface area contributed by atoms with Crippen molar-refractivity contribution in [2.24, 2.45) is 0 Å². The van der Waals surface area contributed by atoms with Crippen LogP contribution in [0.25, 0.3) is 11.3 Å². The zero-order valence-corrected chi connectivity index (χ0v) is 17.2. The van der Waals surface area contributed by atoms with E-state index in [-0.39, 0.29) is 12.0 Å². The van der Waals surface area contributed by atoms with Crippen molar-refractivity contribution in [3.8, 4) is 11.3 Å². The number of hydrogen-bond donors (Lipinski definition) is 0. The van der Waals surface area contributed by atoms with Crippen LogP contribution in [-0.2, 0) is 22.6 Å². The number of carbonyl (C=O) groups excluding carboxylic acids is 1. The SMILES string of the molecule is CN(Cc1cn(Cc2ccccc2Cl)nc1-c1ccccc1)C(=O)[C@H]1CCCO1. The Kier molecular flexibility index (Phi) is 5.97. The van der Waals surface area contributed by atoms with E-state index in [0.717, 1.165) is 40.2 Å². The number of amides is 1. The van der Waals surface area contributed by atoms with Crippen LogP contribution in [0.4, 0.5) is 0 Å². The fourth-order valence-corrected chi connectivity index (χ4v) is 3.85. The first kappa shape index (κ1) is 19.7. The first-order valence-corrected chi connectivity index (χ1v) is 10.2. The maximum absolute atomic E-state index is 12.7.